The van der Waals surface area contributed by atoms with Gasteiger partial charge in [-0.2, -0.15) is 0 Å². The van der Waals surface area contributed by atoms with E-state index in [1.807, 2.05) is 0 Å². The molecule has 19 heavy (non-hydrogen) atoms. The van der Waals surface area contributed by atoms with Gasteiger partial charge < -0.3 is 0 Å². The second-order valence-electron chi connectivity index (χ2n) is 1.16. The molecule has 0 heterocycles. The summed E-state index contributed by atoms with van der Waals surface area (Å²) in [4.78, 5) is 0. The van der Waals surface area contributed by atoms with E-state index >= 15 is 0 Å². The highest BCUT2D eigenvalue weighted by Crippen LogP contribution is 1.41. The molecule has 0 unspecified atom stereocenters. The fraction of sp³-hybridized carbons (Fsp3) is 0. The van der Waals surface area contributed by atoms with Gasteiger partial charge in [0, 0.05) is 173 Å². The smallest absolute Gasteiger partial charge is 0 e. The van der Waals surface area contributed by atoms with Crippen LogP contribution >= 0.6 is 0 Å². The molecule has 0 nitrogen and oxygen atoms in total. The quantitative estimate of drug-likeness (QED) is 0.379. The van der Waals surface area contributed by atoms with Crippen molar-refractivity contribution in [1.82, 2.24) is 0 Å². The van der Waals surface area contributed by atoms with Crippen LogP contribution in [0, 0.1) is 0 Å². The lowest BCUT2D eigenvalue weighted by atomic mass is 30.7. The van der Waals surface area contributed by atoms with Gasteiger partial charge in [0.1, 0.15) is 0 Å². The third kappa shape index (κ3) is 22.2. The normalized spacial score (nSPS) is 7.37. The van der Waals surface area contributed by atoms with Crippen molar-refractivity contribution in [2.75, 3.05) is 0 Å². The summed E-state index contributed by atoms with van der Waals surface area (Å²) in [6, 6.07) is 0. The Kier molecular flexibility index (Phi) is 27.1. The van der Waals surface area contributed by atoms with Crippen molar-refractivity contribution in [1.29, 1.82) is 0 Å². The van der Waals surface area contributed by atoms with Crippen molar-refractivity contribution in [3.8, 4) is 0 Å². The largest absolute Gasteiger partial charge is 0 e. The Labute approximate surface area is 169 Å². The maximum atomic E-state index is 4.75. The van der Waals surface area contributed by atoms with Crippen LogP contribution in [-0.4, -0.2) is 0 Å². The maximum Gasteiger partial charge on any atom is 0 e. The second kappa shape index (κ2) is 22.2. The van der Waals surface area contributed by atoms with Crippen LogP contribution in [0.5, 0.6) is 0 Å². The summed E-state index contributed by atoms with van der Waals surface area (Å²) in [5.41, 5.74) is 0. The average molecular weight is 609 g/mol. The zero-order valence-corrected chi connectivity index (χ0v) is 23.3. The lowest BCUT2D eigenvalue weighted by molar-refractivity contribution is 5.97. The minimum absolute atomic E-state index is 1.37. The first-order valence-electron chi connectivity index (χ1n) is 3.00. The fourth-order valence-electron chi connectivity index (χ4n) is 0.170. The molecule has 0 N–H and O–H groups in total. The van der Waals surface area contributed by atoms with E-state index < -0.39 is 0 Å². The third-order valence-corrected chi connectivity index (χ3v) is 36.0. The van der Waals surface area contributed by atoms with Crippen molar-refractivity contribution in [3.63, 3.8) is 0 Å². The first-order valence-corrected chi connectivity index (χ1v) is 27.0. The number of hydrogen-bond acceptors (Lipinski definition) is 2. The second-order valence-corrected chi connectivity index (χ2v) is 31.2. The summed E-state index contributed by atoms with van der Waals surface area (Å²) in [5.74, 6) is 0. The minimum Gasteiger partial charge on any atom is 0 e. The van der Waals surface area contributed by atoms with E-state index in [2.05, 4.69) is 0 Å². The van der Waals surface area contributed by atoms with Gasteiger partial charge in [-0.1, -0.05) is 0 Å². The molecule has 114 valence electrons. The molecule has 0 aliphatic heterocycles. The van der Waals surface area contributed by atoms with Crippen LogP contribution in [0.3, 0.4) is 0 Å². The van der Waals surface area contributed by atoms with Crippen LogP contribution in [0.15, 0.2) is 0 Å². The zero-order chi connectivity index (χ0) is 14.0. The molecule has 0 rings (SSSR count). The van der Waals surface area contributed by atoms with Gasteiger partial charge >= 0.3 is 0 Å². The van der Waals surface area contributed by atoms with Gasteiger partial charge in [-0.15, -0.1) is 0 Å². The van der Waals surface area contributed by atoms with Gasteiger partial charge in [0.15, 0.2) is 0 Å². The lowest BCUT2D eigenvalue weighted by Gasteiger charge is -1.40. The van der Waals surface area contributed by atoms with Gasteiger partial charge in [-0.3, -0.25) is 0 Å². The Bertz CT molecular complexity index is 887. The molecule has 0 spiro atoms. The van der Waals surface area contributed by atoms with E-state index in [0.717, 1.165) is 0 Å². The van der Waals surface area contributed by atoms with Crippen LogP contribution in [0.1, 0.15) is 0 Å². The van der Waals surface area contributed by atoms with Gasteiger partial charge in [-0.25, -0.2) is 0 Å². The lowest BCUT2D eigenvalue weighted by Crippen LogP contribution is -1.40. The zero-order valence-electron chi connectivity index (χ0n) is 7.76. The molecule has 0 radical (unpaired) electrons. The summed E-state index contributed by atoms with van der Waals surface area (Å²) in [6.07, 6.45) is 0. The molecule has 0 bridgehead atoms. The van der Waals surface area contributed by atoms with Gasteiger partial charge in [0.25, 0.3) is 0 Å². The SMILES string of the molecule is S=S=S=S=S=S=S=S=S=S=S=S=S=S=S=S=S=S=S. The Morgan fingerprint density at radius 1 is 0.263 bits per heavy atom. The van der Waals surface area contributed by atoms with E-state index in [4.69, 9.17) is 22.4 Å². The van der Waals surface area contributed by atoms with Crippen LogP contribution in [0.4, 0.5) is 0 Å². The van der Waals surface area contributed by atoms with Crippen molar-refractivity contribution in [2.24, 2.45) is 0 Å². The Morgan fingerprint density at radius 2 is 0.421 bits per heavy atom. The van der Waals surface area contributed by atoms with E-state index in [1.165, 1.54) is 17.8 Å². The molecular formula is S19. The average Bonchev–Trinajstić information content (AvgIpc) is 2.43. The summed E-state index contributed by atoms with van der Waals surface area (Å²) in [7, 11) is 29.0. The minimum atomic E-state index is 1.37. The molecule has 0 fully saturated rings. The molecule has 0 aromatic rings. The van der Waals surface area contributed by atoms with Crippen LogP contribution < -0.4 is 0 Å². The van der Waals surface area contributed by atoms with Gasteiger partial charge in [-0.05, 0) is 0 Å². The van der Waals surface area contributed by atoms with Crippen LogP contribution in [-0.2, 0) is 173 Å². The Balaban J connectivity index is 5.75. The van der Waals surface area contributed by atoms with Crippen LogP contribution in [0.25, 0.3) is 0 Å². The first-order chi connectivity index (χ1) is 9.41. The number of rotatable bonds is 0. The highest BCUT2D eigenvalue weighted by atomic mass is 33.5. The monoisotopic (exact) mass is 607 g/mol. The topological polar surface area (TPSA) is 0 Å². The van der Waals surface area contributed by atoms with E-state index in [0.29, 0.717) is 0 Å². The molecule has 0 saturated carbocycles. The molecule has 0 atom stereocenters. The molecule has 0 aromatic carbocycles. The third-order valence-electron chi connectivity index (χ3n) is 0.444. The predicted octanol–water partition coefficient (Wildman–Crippen LogP) is -0.0456. The molecule has 0 aromatic heterocycles. The molecule has 0 amide bonds. The molecule has 0 aliphatic rings. The van der Waals surface area contributed by atoms with Crippen molar-refractivity contribution in [2.45, 2.75) is 0 Å². The highest BCUT2D eigenvalue weighted by molar-refractivity contribution is 8.78. The van der Waals surface area contributed by atoms with Crippen molar-refractivity contribution in [3.05, 3.63) is 0 Å². The van der Waals surface area contributed by atoms with Crippen LogP contribution in [0.2, 0.25) is 0 Å². The van der Waals surface area contributed by atoms with Crippen molar-refractivity contribution < 1.29 is 0 Å². The van der Waals surface area contributed by atoms with Crippen molar-refractivity contribution >= 4 is 173 Å². The Morgan fingerprint density at radius 3 is 0.579 bits per heavy atom. The van der Waals surface area contributed by atoms with Gasteiger partial charge in [0.2, 0.25) is 0 Å². The fourth-order valence-corrected chi connectivity index (χ4v) is 41.3. The van der Waals surface area contributed by atoms with E-state index in [-0.39, 0.29) is 0 Å². The van der Waals surface area contributed by atoms with E-state index in [9.17, 15) is 0 Å². The summed E-state index contributed by atoms with van der Waals surface area (Å²) < 4.78 is 0. The molecular weight excluding hydrogens is 609 g/mol. The number of hydrogen-bond donors (Lipinski definition) is 0. The highest BCUT2D eigenvalue weighted by Gasteiger charge is 1.41. The summed E-state index contributed by atoms with van der Waals surface area (Å²) in [6.45, 7) is 0. The first kappa shape index (κ1) is 23.2. The summed E-state index contributed by atoms with van der Waals surface area (Å²) >= 11 is 9.50. The Hall–Kier alpha value is 4.18. The molecule has 19 heteroatoms. The predicted molar refractivity (Wildman–Crippen MR) is 140 cm³/mol. The van der Waals surface area contributed by atoms with E-state index in [1.54, 1.807) is 133 Å². The summed E-state index contributed by atoms with van der Waals surface area (Å²) in [5, 5.41) is 0. The standard InChI is InChI=1S/S19/c1-3-5-7-9-11-13-15-17-19-18-16-14-12-10-8-6-4-2. The van der Waals surface area contributed by atoms with Gasteiger partial charge in [0.05, 0.1) is 0 Å². The maximum absolute atomic E-state index is 4.75. The molecule has 0 saturated heterocycles. The molecule has 0 aliphatic carbocycles.